The van der Waals surface area contributed by atoms with Crippen molar-refractivity contribution < 1.29 is 9.59 Å². The van der Waals surface area contributed by atoms with Crippen LogP contribution in [0.15, 0.2) is 23.2 Å². The van der Waals surface area contributed by atoms with Gasteiger partial charge >= 0.3 is 0 Å². The molecule has 0 spiro atoms. The van der Waals surface area contributed by atoms with Gasteiger partial charge in [0.05, 0.1) is 5.69 Å². The molecular weight excluding hydrogens is 301 g/mol. The number of halogens is 2. The van der Waals surface area contributed by atoms with E-state index in [4.69, 9.17) is 23.2 Å². The molecule has 0 bridgehead atoms. The summed E-state index contributed by atoms with van der Waals surface area (Å²) in [6, 6.07) is 4.82. The molecule has 0 atom stereocenters. The number of carbonyl (C=O) groups excluding carboxylic acids is 2. The van der Waals surface area contributed by atoms with Gasteiger partial charge in [-0.05, 0) is 32.0 Å². The van der Waals surface area contributed by atoms with Gasteiger partial charge in [0.25, 0.3) is 11.8 Å². The molecule has 0 N–H and O–H groups in total. The summed E-state index contributed by atoms with van der Waals surface area (Å²) in [6.07, 6.45) is 0. The first-order valence-corrected chi connectivity index (χ1v) is 6.76. The lowest BCUT2D eigenvalue weighted by Gasteiger charge is -2.23. The highest BCUT2D eigenvalue weighted by Gasteiger charge is 2.55. The van der Waals surface area contributed by atoms with E-state index in [1.807, 2.05) is 0 Å². The van der Waals surface area contributed by atoms with Crippen molar-refractivity contribution in [1.82, 2.24) is 4.90 Å². The molecule has 2 aliphatic rings. The minimum absolute atomic E-state index is 0.0524. The zero-order valence-corrected chi connectivity index (χ0v) is 12.4. The topological polar surface area (TPSA) is 53.0 Å². The summed E-state index contributed by atoms with van der Waals surface area (Å²) in [5, 5.41) is 0.836. The maximum absolute atomic E-state index is 12.6. The minimum atomic E-state index is -0.957. The standard InChI is InChI=1S/C13H11Cl2N3O2/c1-13(2)11(20)17(12-16-6-10(19)18(12)13)9-4-7(14)3-8(15)5-9/h3-5H,6H2,1-2H3. The molecule has 5 nitrogen and oxygen atoms in total. The van der Waals surface area contributed by atoms with Crippen molar-refractivity contribution in [3.8, 4) is 0 Å². The number of nitrogens with zero attached hydrogens (tertiary/aromatic N) is 3. The fourth-order valence-corrected chi connectivity index (χ4v) is 3.00. The fourth-order valence-electron chi connectivity index (χ4n) is 2.48. The van der Waals surface area contributed by atoms with Gasteiger partial charge in [-0.1, -0.05) is 23.2 Å². The molecule has 2 heterocycles. The van der Waals surface area contributed by atoms with E-state index in [0.29, 0.717) is 21.7 Å². The Morgan fingerprint density at radius 2 is 1.75 bits per heavy atom. The Hall–Kier alpha value is -1.59. The molecule has 0 unspecified atom stereocenters. The van der Waals surface area contributed by atoms with Crippen LogP contribution in [-0.4, -0.2) is 34.8 Å². The van der Waals surface area contributed by atoms with Crippen LogP contribution >= 0.6 is 23.2 Å². The Morgan fingerprint density at radius 1 is 1.15 bits per heavy atom. The lowest BCUT2D eigenvalue weighted by Crippen LogP contribution is -2.46. The SMILES string of the molecule is CC1(C)C(=O)N(c2cc(Cl)cc(Cl)c2)C2=NCC(=O)N21. The molecule has 3 rings (SSSR count). The average Bonchev–Trinajstić information content (AvgIpc) is 2.78. The number of hydrogen-bond acceptors (Lipinski definition) is 3. The summed E-state index contributed by atoms with van der Waals surface area (Å²) in [6.45, 7) is 3.44. The van der Waals surface area contributed by atoms with E-state index < -0.39 is 5.54 Å². The minimum Gasteiger partial charge on any atom is -0.272 e. The highest BCUT2D eigenvalue weighted by Crippen LogP contribution is 2.36. The van der Waals surface area contributed by atoms with Crippen LogP contribution in [-0.2, 0) is 9.59 Å². The Balaban J connectivity index is 2.15. The Bertz CT molecular complexity index is 649. The van der Waals surface area contributed by atoms with Gasteiger partial charge in [-0.2, -0.15) is 0 Å². The largest absolute Gasteiger partial charge is 0.272 e. The molecule has 20 heavy (non-hydrogen) atoms. The number of guanidine groups is 1. The van der Waals surface area contributed by atoms with Crippen molar-refractivity contribution in [3.63, 3.8) is 0 Å². The van der Waals surface area contributed by atoms with Gasteiger partial charge in [0, 0.05) is 10.0 Å². The Morgan fingerprint density at radius 3 is 2.35 bits per heavy atom. The van der Waals surface area contributed by atoms with E-state index in [0.717, 1.165) is 0 Å². The lowest BCUT2D eigenvalue weighted by molar-refractivity contribution is -0.134. The first-order valence-electron chi connectivity index (χ1n) is 6.00. The Kier molecular flexibility index (Phi) is 2.81. The Labute approximate surface area is 125 Å². The van der Waals surface area contributed by atoms with Gasteiger partial charge < -0.3 is 0 Å². The molecule has 0 aliphatic carbocycles. The maximum Gasteiger partial charge on any atom is 0.259 e. The number of anilines is 1. The summed E-state index contributed by atoms with van der Waals surface area (Å²) in [5.74, 6) is -0.0834. The van der Waals surface area contributed by atoms with E-state index in [2.05, 4.69) is 4.99 Å². The van der Waals surface area contributed by atoms with Gasteiger partial charge in [0.2, 0.25) is 5.96 Å². The molecule has 7 heteroatoms. The number of rotatable bonds is 1. The second-order valence-corrected chi connectivity index (χ2v) is 6.05. The third kappa shape index (κ3) is 1.73. The molecule has 1 aromatic carbocycles. The van der Waals surface area contributed by atoms with Crippen LogP contribution in [0.2, 0.25) is 10.0 Å². The summed E-state index contributed by atoms with van der Waals surface area (Å²) in [4.78, 5) is 31.4. The van der Waals surface area contributed by atoms with Crippen LogP contribution < -0.4 is 4.90 Å². The monoisotopic (exact) mass is 311 g/mol. The normalized spacial score (nSPS) is 20.5. The number of carbonyl (C=O) groups is 2. The van der Waals surface area contributed by atoms with E-state index >= 15 is 0 Å². The lowest BCUT2D eigenvalue weighted by atomic mass is 10.0. The summed E-state index contributed by atoms with van der Waals surface area (Å²) in [5.41, 5.74) is -0.446. The first-order chi connectivity index (χ1) is 9.32. The van der Waals surface area contributed by atoms with Crippen molar-refractivity contribution in [2.24, 2.45) is 4.99 Å². The van der Waals surface area contributed by atoms with Crippen LogP contribution in [0.5, 0.6) is 0 Å². The van der Waals surface area contributed by atoms with E-state index in [1.165, 1.54) is 9.80 Å². The highest BCUT2D eigenvalue weighted by molar-refractivity contribution is 6.36. The van der Waals surface area contributed by atoms with Crippen LogP contribution in [0, 0.1) is 0 Å². The molecule has 2 aliphatic heterocycles. The smallest absolute Gasteiger partial charge is 0.259 e. The molecule has 1 aromatic rings. The first kappa shape index (κ1) is 13.4. The number of benzene rings is 1. The van der Waals surface area contributed by atoms with Gasteiger partial charge in [-0.3, -0.25) is 14.5 Å². The van der Waals surface area contributed by atoms with Gasteiger partial charge in [-0.25, -0.2) is 9.89 Å². The van der Waals surface area contributed by atoms with Crippen molar-refractivity contribution in [2.45, 2.75) is 19.4 Å². The van der Waals surface area contributed by atoms with Gasteiger partial charge in [0.1, 0.15) is 12.1 Å². The van der Waals surface area contributed by atoms with Crippen molar-refractivity contribution in [1.29, 1.82) is 0 Å². The molecule has 2 amide bonds. The summed E-state index contributed by atoms with van der Waals surface area (Å²) >= 11 is 12.0. The van der Waals surface area contributed by atoms with E-state index in [1.54, 1.807) is 32.0 Å². The van der Waals surface area contributed by atoms with Crippen molar-refractivity contribution in [3.05, 3.63) is 28.2 Å². The highest BCUT2D eigenvalue weighted by atomic mass is 35.5. The fraction of sp³-hybridized carbons (Fsp3) is 0.308. The number of hydrogen-bond donors (Lipinski definition) is 0. The van der Waals surface area contributed by atoms with Gasteiger partial charge in [-0.15, -0.1) is 0 Å². The van der Waals surface area contributed by atoms with Crippen LogP contribution in [0.1, 0.15) is 13.8 Å². The van der Waals surface area contributed by atoms with Gasteiger partial charge in [0.15, 0.2) is 0 Å². The van der Waals surface area contributed by atoms with Crippen molar-refractivity contribution >= 4 is 46.7 Å². The van der Waals surface area contributed by atoms with Crippen LogP contribution in [0.3, 0.4) is 0 Å². The second kappa shape index (κ2) is 4.20. The molecular formula is C13H11Cl2N3O2. The number of aliphatic imine (C=N–C) groups is 1. The van der Waals surface area contributed by atoms with E-state index in [-0.39, 0.29) is 18.4 Å². The predicted octanol–water partition coefficient (Wildman–Crippen LogP) is 2.32. The van der Waals surface area contributed by atoms with Crippen LogP contribution in [0.25, 0.3) is 0 Å². The summed E-state index contributed by atoms with van der Waals surface area (Å²) in [7, 11) is 0. The molecule has 104 valence electrons. The maximum atomic E-state index is 12.6. The van der Waals surface area contributed by atoms with Crippen LogP contribution in [0.4, 0.5) is 5.69 Å². The predicted molar refractivity (Wildman–Crippen MR) is 77.2 cm³/mol. The third-order valence-corrected chi connectivity index (χ3v) is 3.83. The quantitative estimate of drug-likeness (QED) is 0.799. The molecule has 0 saturated carbocycles. The average molecular weight is 312 g/mol. The number of amides is 2. The molecule has 0 aromatic heterocycles. The number of fused-ring (bicyclic) bond motifs is 1. The zero-order valence-electron chi connectivity index (χ0n) is 10.9. The summed E-state index contributed by atoms with van der Waals surface area (Å²) < 4.78 is 0. The van der Waals surface area contributed by atoms with E-state index in [9.17, 15) is 9.59 Å². The molecule has 1 fully saturated rings. The third-order valence-electron chi connectivity index (χ3n) is 3.40. The molecule has 1 saturated heterocycles. The molecule has 0 radical (unpaired) electrons. The van der Waals surface area contributed by atoms with Crippen molar-refractivity contribution in [2.75, 3.05) is 11.4 Å². The second-order valence-electron chi connectivity index (χ2n) is 5.17. The zero-order chi connectivity index (χ0) is 14.7.